The van der Waals surface area contributed by atoms with Crippen molar-refractivity contribution in [3.63, 3.8) is 0 Å². The van der Waals surface area contributed by atoms with Crippen molar-refractivity contribution >= 4 is 5.69 Å². The molecule has 1 aliphatic carbocycles. The Morgan fingerprint density at radius 3 is 2.94 bits per heavy atom. The zero-order chi connectivity index (χ0) is 11.5. The quantitative estimate of drug-likeness (QED) is 0.834. The maximum atomic E-state index is 3.68. The minimum absolute atomic E-state index is 0.768. The van der Waals surface area contributed by atoms with Crippen LogP contribution >= 0.6 is 0 Å². The second kappa shape index (κ2) is 5.09. The van der Waals surface area contributed by atoms with Gasteiger partial charge in [0.25, 0.3) is 0 Å². The lowest BCUT2D eigenvalue weighted by Gasteiger charge is -2.19. The maximum absolute atomic E-state index is 3.68. The number of rotatable bonds is 3. The Labute approximate surface area is 104 Å². The Balaban J connectivity index is 1.62. The highest BCUT2D eigenvalue weighted by molar-refractivity contribution is 5.54. The molecule has 0 amide bonds. The van der Waals surface area contributed by atoms with Crippen LogP contribution in [0.3, 0.4) is 0 Å². The molecular formula is C15H22N2. The molecule has 0 unspecified atom stereocenters. The summed E-state index contributed by atoms with van der Waals surface area (Å²) >= 11 is 0. The summed E-state index contributed by atoms with van der Waals surface area (Å²) in [6.45, 7) is 2.17. The first-order valence-corrected chi connectivity index (χ1v) is 7.01. The summed E-state index contributed by atoms with van der Waals surface area (Å²) in [7, 11) is 0. The van der Waals surface area contributed by atoms with Crippen molar-refractivity contribution in [3.8, 4) is 0 Å². The smallest absolute Gasteiger partial charge is 0.0372 e. The van der Waals surface area contributed by atoms with Gasteiger partial charge in [-0.15, -0.1) is 0 Å². The highest BCUT2D eigenvalue weighted by Crippen LogP contribution is 2.23. The van der Waals surface area contributed by atoms with Crippen LogP contribution in [-0.2, 0) is 13.0 Å². The first-order valence-electron chi connectivity index (χ1n) is 7.01. The topological polar surface area (TPSA) is 24.1 Å². The van der Waals surface area contributed by atoms with Gasteiger partial charge in [-0.3, -0.25) is 0 Å². The zero-order valence-corrected chi connectivity index (χ0v) is 10.5. The molecule has 17 heavy (non-hydrogen) atoms. The fourth-order valence-corrected chi connectivity index (χ4v) is 3.03. The van der Waals surface area contributed by atoms with Gasteiger partial charge < -0.3 is 10.6 Å². The summed E-state index contributed by atoms with van der Waals surface area (Å²) in [5.74, 6) is 0. The molecule has 1 aromatic carbocycles. The molecule has 0 bridgehead atoms. The van der Waals surface area contributed by atoms with Gasteiger partial charge in [-0.05, 0) is 42.9 Å². The molecule has 2 aliphatic rings. The van der Waals surface area contributed by atoms with Gasteiger partial charge >= 0.3 is 0 Å². The molecule has 0 spiro atoms. The molecule has 0 radical (unpaired) electrons. The van der Waals surface area contributed by atoms with Gasteiger partial charge in [-0.1, -0.05) is 25.0 Å². The van der Waals surface area contributed by atoms with E-state index in [1.165, 1.54) is 55.3 Å². The van der Waals surface area contributed by atoms with Crippen LogP contribution < -0.4 is 10.6 Å². The van der Waals surface area contributed by atoms with E-state index in [0.717, 1.165) is 19.1 Å². The Bertz CT molecular complexity index is 381. The van der Waals surface area contributed by atoms with Gasteiger partial charge in [-0.25, -0.2) is 0 Å². The molecule has 1 aliphatic heterocycles. The number of fused-ring (bicyclic) bond motifs is 1. The lowest BCUT2D eigenvalue weighted by atomic mass is 10.0. The Kier molecular flexibility index (Phi) is 3.32. The highest BCUT2D eigenvalue weighted by atomic mass is 14.9. The third kappa shape index (κ3) is 2.63. The van der Waals surface area contributed by atoms with Crippen LogP contribution in [0.5, 0.6) is 0 Å². The average Bonchev–Trinajstić information content (AvgIpc) is 2.89. The molecule has 2 heteroatoms. The van der Waals surface area contributed by atoms with Gasteiger partial charge in [0.05, 0.1) is 0 Å². The fourth-order valence-electron chi connectivity index (χ4n) is 3.03. The largest absolute Gasteiger partial charge is 0.385 e. The molecule has 2 N–H and O–H groups in total. The van der Waals surface area contributed by atoms with Crippen LogP contribution in [0.4, 0.5) is 5.69 Å². The highest BCUT2D eigenvalue weighted by Gasteiger charge is 2.14. The average molecular weight is 230 g/mol. The number of benzene rings is 1. The fraction of sp³-hybridized carbons (Fsp3) is 0.600. The van der Waals surface area contributed by atoms with E-state index < -0.39 is 0 Å². The maximum Gasteiger partial charge on any atom is 0.0372 e. The van der Waals surface area contributed by atoms with Crippen molar-refractivity contribution in [2.24, 2.45) is 0 Å². The van der Waals surface area contributed by atoms with Gasteiger partial charge in [-0.2, -0.15) is 0 Å². The molecule has 2 nitrogen and oxygen atoms in total. The summed E-state index contributed by atoms with van der Waals surface area (Å²) in [4.78, 5) is 0. The number of hydrogen-bond donors (Lipinski definition) is 2. The monoisotopic (exact) mass is 230 g/mol. The third-order valence-electron chi connectivity index (χ3n) is 4.06. The van der Waals surface area contributed by atoms with Crippen molar-refractivity contribution in [2.75, 3.05) is 11.9 Å². The molecule has 1 heterocycles. The van der Waals surface area contributed by atoms with Crippen molar-refractivity contribution in [1.29, 1.82) is 0 Å². The van der Waals surface area contributed by atoms with Crippen molar-refractivity contribution in [1.82, 2.24) is 5.32 Å². The van der Waals surface area contributed by atoms with Gasteiger partial charge in [0.15, 0.2) is 0 Å². The van der Waals surface area contributed by atoms with Gasteiger partial charge in [0.2, 0.25) is 0 Å². The second-order valence-corrected chi connectivity index (χ2v) is 5.38. The first kappa shape index (κ1) is 11.1. The van der Waals surface area contributed by atoms with E-state index in [4.69, 9.17) is 0 Å². The standard InChI is InChI=1S/C15H22N2/c1-2-6-14(5-1)17-11-12-7-8-15-13(10-12)4-3-9-16-15/h7-8,10,14,16-17H,1-6,9,11H2. The van der Waals surface area contributed by atoms with Crippen LogP contribution in [0.15, 0.2) is 18.2 Å². The lowest BCUT2D eigenvalue weighted by Crippen LogP contribution is -2.25. The molecule has 3 rings (SSSR count). The molecule has 1 aromatic rings. The summed E-state index contributed by atoms with van der Waals surface area (Å²) in [5.41, 5.74) is 4.29. The third-order valence-corrected chi connectivity index (χ3v) is 4.06. The summed E-state index contributed by atoms with van der Waals surface area (Å²) in [6, 6.07) is 7.66. The van der Waals surface area contributed by atoms with Crippen molar-refractivity contribution < 1.29 is 0 Å². The van der Waals surface area contributed by atoms with E-state index in [-0.39, 0.29) is 0 Å². The SMILES string of the molecule is c1cc2c(cc1CNC1CCCC1)CCCN2. The minimum atomic E-state index is 0.768. The predicted molar refractivity (Wildman–Crippen MR) is 72.3 cm³/mol. The summed E-state index contributed by atoms with van der Waals surface area (Å²) in [6.07, 6.45) is 8.06. The number of aryl methyl sites for hydroxylation is 1. The van der Waals surface area contributed by atoms with Crippen LogP contribution in [0.2, 0.25) is 0 Å². The second-order valence-electron chi connectivity index (χ2n) is 5.38. The predicted octanol–water partition coefficient (Wildman–Crippen LogP) is 3.08. The van der Waals surface area contributed by atoms with E-state index in [1.807, 2.05) is 0 Å². The number of hydrogen-bond acceptors (Lipinski definition) is 2. The van der Waals surface area contributed by atoms with E-state index in [0.29, 0.717) is 0 Å². The molecule has 0 aromatic heterocycles. The van der Waals surface area contributed by atoms with Gasteiger partial charge in [0, 0.05) is 24.8 Å². The Morgan fingerprint density at radius 1 is 1.18 bits per heavy atom. The Morgan fingerprint density at radius 2 is 2.06 bits per heavy atom. The van der Waals surface area contributed by atoms with Crippen LogP contribution in [0.25, 0.3) is 0 Å². The minimum Gasteiger partial charge on any atom is -0.385 e. The van der Waals surface area contributed by atoms with Crippen LogP contribution in [0, 0.1) is 0 Å². The van der Waals surface area contributed by atoms with E-state index in [2.05, 4.69) is 28.8 Å². The van der Waals surface area contributed by atoms with E-state index in [9.17, 15) is 0 Å². The Hall–Kier alpha value is -1.02. The van der Waals surface area contributed by atoms with E-state index >= 15 is 0 Å². The molecule has 92 valence electrons. The molecule has 0 saturated heterocycles. The van der Waals surface area contributed by atoms with Crippen LogP contribution in [-0.4, -0.2) is 12.6 Å². The van der Waals surface area contributed by atoms with E-state index in [1.54, 1.807) is 0 Å². The first-order chi connectivity index (χ1) is 8.42. The van der Waals surface area contributed by atoms with Crippen molar-refractivity contribution in [2.45, 2.75) is 51.1 Å². The molecule has 1 fully saturated rings. The summed E-state index contributed by atoms with van der Waals surface area (Å²) in [5, 5.41) is 7.15. The number of nitrogens with one attached hydrogen (secondary N) is 2. The van der Waals surface area contributed by atoms with Crippen LogP contribution in [0.1, 0.15) is 43.2 Å². The molecule has 1 saturated carbocycles. The van der Waals surface area contributed by atoms with Crippen molar-refractivity contribution in [3.05, 3.63) is 29.3 Å². The number of anilines is 1. The summed E-state index contributed by atoms with van der Waals surface area (Å²) < 4.78 is 0. The van der Waals surface area contributed by atoms with Gasteiger partial charge in [0.1, 0.15) is 0 Å². The molecule has 0 atom stereocenters. The lowest BCUT2D eigenvalue weighted by molar-refractivity contribution is 0.524. The zero-order valence-electron chi connectivity index (χ0n) is 10.5. The molecular weight excluding hydrogens is 208 g/mol. The normalized spacial score (nSPS) is 20.0.